The smallest absolute Gasteiger partial charge is 0.0117 e. The lowest BCUT2D eigenvalue weighted by Crippen LogP contribution is -2.45. The van der Waals surface area contributed by atoms with Gasteiger partial charge in [-0.05, 0) is 77.8 Å². The highest BCUT2D eigenvalue weighted by Gasteiger charge is 2.24. The van der Waals surface area contributed by atoms with Crippen LogP contribution in [0.5, 0.6) is 0 Å². The molecule has 2 heterocycles. The number of hydrogen-bond acceptors (Lipinski definition) is 3. The number of halogens is 1. The molecule has 1 N–H and O–H groups in total. The highest BCUT2D eigenvalue weighted by Crippen LogP contribution is 2.19. The van der Waals surface area contributed by atoms with Gasteiger partial charge in [-0.2, -0.15) is 0 Å². The van der Waals surface area contributed by atoms with Crippen molar-refractivity contribution in [3.05, 3.63) is 0 Å². The van der Waals surface area contributed by atoms with E-state index in [1.165, 1.54) is 71.4 Å². The van der Waals surface area contributed by atoms with E-state index in [1.54, 1.807) is 0 Å². The molecule has 0 bridgehead atoms. The summed E-state index contributed by atoms with van der Waals surface area (Å²) in [5.41, 5.74) is 0. The highest BCUT2D eigenvalue weighted by molar-refractivity contribution is 5.85. The molecular formula is C15H32ClN3. The van der Waals surface area contributed by atoms with E-state index >= 15 is 0 Å². The number of piperidine rings is 2. The van der Waals surface area contributed by atoms with Crippen LogP contribution in [0.3, 0.4) is 0 Å². The first kappa shape index (κ1) is 17.2. The predicted octanol–water partition coefficient (Wildman–Crippen LogP) is 2.21. The molecule has 0 aliphatic carbocycles. The van der Waals surface area contributed by atoms with E-state index in [4.69, 9.17) is 0 Å². The number of rotatable bonds is 5. The summed E-state index contributed by atoms with van der Waals surface area (Å²) in [5, 5.41) is 3.46. The van der Waals surface area contributed by atoms with Gasteiger partial charge in [0.2, 0.25) is 0 Å². The Kier molecular flexibility index (Phi) is 8.31. The molecule has 0 atom stereocenters. The number of nitrogens with zero attached hydrogens (tertiary/aromatic N) is 2. The molecule has 2 saturated heterocycles. The SMILES string of the molecule is CCCN1CCC(N(C)CC2CCNCC2)CC1.Cl. The highest BCUT2D eigenvalue weighted by atomic mass is 35.5. The van der Waals surface area contributed by atoms with Crippen molar-refractivity contribution in [2.24, 2.45) is 5.92 Å². The molecule has 0 aromatic heterocycles. The van der Waals surface area contributed by atoms with Crippen molar-refractivity contribution in [2.45, 2.75) is 45.1 Å². The molecule has 0 aromatic rings. The van der Waals surface area contributed by atoms with Crippen molar-refractivity contribution in [2.75, 3.05) is 46.3 Å². The van der Waals surface area contributed by atoms with Crippen LogP contribution in [0.1, 0.15) is 39.0 Å². The van der Waals surface area contributed by atoms with Crippen molar-refractivity contribution < 1.29 is 0 Å². The van der Waals surface area contributed by atoms with Crippen LogP contribution in [0.25, 0.3) is 0 Å². The van der Waals surface area contributed by atoms with E-state index in [9.17, 15) is 0 Å². The van der Waals surface area contributed by atoms with Crippen molar-refractivity contribution in [1.82, 2.24) is 15.1 Å². The van der Waals surface area contributed by atoms with Crippen molar-refractivity contribution in [1.29, 1.82) is 0 Å². The van der Waals surface area contributed by atoms with Crippen LogP contribution >= 0.6 is 12.4 Å². The van der Waals surface area contributed by atoms with Gasteiger partial charge in [-0.25, -0.2) is 0 Å². The maximum Gasteiger partial charge on any atom is 0.0117 e. The van der Waals surface area contributed by atoms with Gasteiger partial charge in [-0.3, -0.25) is 0 Å². The molecule has 0 unspecified atom stereocenters. The zero-order chi connectivity index (χ0) is 12.8. The van der Waals surface area contributed by atoms with Crippen LogP contribution in [0.4, 0.5) is 0 Å². The zero-order valence-corrected chi connectivity index (χ0v) is 13.6. The lowest BCUT2D eigenvalue weighted by atomic mass is 9.95. The Morgan fingerprint density at radius 2 is 1.74 bits per heavy atom. The first-order valence-corrected chi connectivity index (χ1v) is 7.93. The molecule has 4 heteroatoms. The lowest BCUT2D eigenvalue weighted by Gasteiger charge is -2.38. The number of hydrogen-bond donors (Lipinski definition) is 1. The van der Waals surface area contributed by atoms with Crippen molar-refractivity contribution >= 4 is 12.4 Å². The summed E-state index contributed by atoms with van der Waals surface area (Å²) in [6, 6.07) is 0.841. The van der Waals surface area contributed by atoms with Gasteiger partial charge in [0, 0.05) is 12.6 Å². The zero-order valence-electron chi connectivity index (χ0n) is 12.7. The van der Waals surface area contributed by atoms with Crippen LogP contribution < -0.4 is 5.32 Å². The van der Waals surface area contributed by atoms with Crippen molar-refractivity contribution in [3.63, 3.8) is 0 Å². The summed E-state index contributed by atoms with van der Waals surface area (Å²) in [5.74, 6) is 0.935. The van der Waals surface area contributed by atoms with Crippen molar-refractivity contribution in [3.8, 4) is 0 Å². The fourth-order valence-electron chi connectivity index (χ4n) is 3.52. The molecule has 2 rings (SSSR count). The Bertz CT molecular complexity index is 223. The third-order valence-electron chi connectivity index (χ3n) is 4.73. The minimum atomic E-state index is 0. The van der Waals surface area contributed by atoms with Gasteiger partial charge in [0.05, 0.1) is 0 Å². The summed E-state index contributed by atoms with van der Waals surface area (Å²) < 4.78 is 0. The molecule has 114 valence electrons. The first-order chi connectivity index (χ1) is 8.79. The van der Waals surface area contributed by atoms with Crippen LogP contribution in [0.15, 0.2) is 0 Å². The van der Waals surface area contributed by atoms with E-state index < -0.39 is 0 Å². The van der Waals surface area contributed by atoms with Gasteiger partial charge in [-0.1, -0.05) is 6.92 Å². The minimum absolute atomic E-state index is 0. The number of nitrogens with one attached hydrogen (secondary N) is 1. The largest absolute Gasteiger partial charge is 0.317 e. The lowest BCUT2D eigenvalue weighted by molar-refractivity contribution is 0.110. The molecule has 3 nitrogen and oxygen atoms in total. The summed E-state index contributed by atoms with van der Waals surface area (Å²) in [4.78, 5) is 5.29. The second-order valence-corrected chi connectivity index (χ2v) is 6.21. The second kappa shape index (κ2) is 9.17. The summed E-state index contributed by atoms with van der Waals surface area (Å²) >= 11 is 0. The monoisotopic (exact) mass is 289 g/mol. The molecule has 2 fully saturated rings. The van der Waals surface area contributed by atoms with Gasteiger partial charge in [0.1, 0.15) is 0 Å². The van der Waals surface area contributed by atoms with E-state index in [2.05, 4.69) is 29.1 Å². The first-order valence-electron chi connectivity index (χ1n) is 7.93. The quantitative estimate of drug-likeness (QED) is 0.837. The van der Waals surface area contributed by atoms with Crippen LogP contribution in [-0.4, -0.2) is 62.2 Å². The van der Waals surface area contributed by atoms with Crippen LogP contribution in [0, 0.1) is 5.92 Å². The summed E-state index contributed by atoms with van der Waals surface area (Å²) in [6.45, 7) is 9.99. The fourth-order valence-corrected chi connectivity index (χ4v) is 3.52. The fraction of sp³-hybridized carbons (Fsp3) is 1.00. The standard InChI is InChI=1S/C15H31N3.ClH/c1-3-10-18-11-6-15(7-12-18)17(2)13-14-4-8-16-9-5-14;/h14-16H,3-13H2,1-2H3;1H. The summed E-state index contributed by atoms with van der Waals surface area (Å²) in [6.07, 6.45) is 6.80. The molecule has 2 aliphatic heterocycles. The Morgan fingerprint density at radius 1 is 1.11 bits per heavy atom. The van der Waals surface area contributed by atoms with E-state index in [0.29, 0.717) is 0 Å². The van der Waals surface area contributed by atoms with Crippen LogP contribution in [-0.2, 0) is 0 Å². The molecule has 0 spiro atoms. The molecule has 0 radical (unpaired) electrons. The minimum Gasteiger partial charge on any atom is -0.317 e. The molecule has 19 heavy (non-hydrogen) atoms. The average Bonchev–Trinajstić information content (AvgIpc) is 2.41. The Hall–Kier alpha value is 0.170. The van der Waals surface area contributed by atoms with Gasteiger partial charge in [0.15, 0.2) is 0 Å². The normalized spacial score (nSPS) is 23.5. The van der Waals surface area contributed by atoms with E-state index in [0.717, 1.165) is 12.0 Å². The maximum atomic E-state index is 3.46. The Labute approximate surface area is 125 Å². The third kappa shape index (κ3) is 5.58. The Morgan fingerprint density at radius 3 is 2.32 bits per heavy atom. The molecular weight excluding hydrogens is 258 g/mol. The molecule has 0 aromatic carbocycles. The van der Waals surface area contributed by atoms with Gasteiger partial charge >= 0.3 is 0 Å². The van der Waals surface area contributed by atoms with E-state index in [1.807, 2.05) is 0 Å². The number of likely N-dealkylation sites (tertiary alicyclic amines) is 1. The molecule has 0 saturated carbocycles. The van der Waals surface area contributed by atoms with Gasteiger partial charge in [-0.15, -0.1) is 12.4 Å². The summed E-state index contributed by atoms with van der Waals surface area (Å²) in [7, 11) is 2.35. The molecule has 2 aliphatic rings. The Balaban J connectivity index is 0.00000180. The average molecular weight is 290 g/mol. The predicted molar refractivity (Wildman–Crippen MR) is 85.2 cm³/mol. The maximum absolute atomic E-state index is 3.46. The second-order valence-electron chi connectivity index (χ2n) is 6.21. The third-order valence-corrected chi connectivity index (χ3v) is 4.73. The van der Waals surface area contributed by atoms with Crippen LogP contribution in [0.2, 0.25) is 0 Å². The van der Waals surface area contributed by atoms with Gasteiger partial charge < -0.3 is 15.1 Å². The molecule has 0 amide bonds. The van der Waals surface area contributed by atoms with E-state index in [-0.39, 0.29) is 12.4 Å². The topological polar surface area (TPSA) is 18.5 Å². The van der Waals surface area contributed by atoms with Gasteiger partial charge in [0.25, 0.3) is 0 Å².